The standard InChI is InChI=1S/C21H23NO4S/c1-4-25-19-11-16-9-13(2)26-20(16)10-15(19)5-7-18(24)21-8-6-17(27-21)12-22-14(3)23/h5-8,10-11,13H,4,9,12H2,1-3H3,(H,22,23). The minimum absolute atomic E-state index is 0.0775. The van der Waals surface area contributed by atoms with Gasteiger partial charge in [-0.1, -0.05) is 0 Å². The van der Waals surface area contributed by atoms with E-state index in [4.69, 9.17) is 9.47 Å². The molecular weight excluding hydrogens is 362 g/mol. The topological polar surface area (TPSA) is 64.6 Å². The number of hydrogen-bond acceptors (Lipinski definition) is 5. The van der Waals surface area contributed by atoms with E-state index in [2.05, 4.69) is 5.32 Å². The normalized spacial score (nSPS) is 15.4. The van der Waals surface area contributed by atoms with Crippen LogP contribution in [0.15, 0.2) is 30.3 Å². The van der Waals surface area contributed by atoms with Crippen molar-refractivity contribution in [3.63, 3.8) is 0 Å². The van der Waals surface area contributed by atoms with Crippen LogP contribution in [0.1, 0.15) is 46.4 Å². The Bertz CT molecular complexity index is 884. The molecule has 1 atom stereocenters. The van der Waals surface area contributed by atoms with E-state index in [0.717, 1.165) is 33.9 Å². The second kappa shape index (κ2) is 8.39. The highest BCUT2D eigenvalue weighted by Crippen LogP contribution is 2.35. The van der Waals surface area contributed by atoms with Crippen molar-refractivity contribution in [2.24, 2.45) is 0 Å². The van der Waals surface area contributed by atoms with Gasteiger partial charge >= 0.3 is 0 Å². The number of amides is 1. The zero-order chi connectivity index (χ0) is 19.4. The van der Waals surface area contributed by atoms with Gasteiger partial charge in [0.2, 0.25) is 5.91 Å². The number of nitrogens with one attached hydrogen (secondary N) is 1. The first-order chi connectivity index (χ1) is 13.0. The number of benzene rings is 1. The SMILES string of the molecule is CCOc1cc2c(cc1C=CC(=O)c1ccc(CNC(C)=O)s1)OC(C)C2. The van der Waals surface area contributed by atoms with Gasteiger partial charge in [0.1, 0.15) is 17.6 Å². The lowest BCUT2D eigenvalue weighted by Crippen LogP contribution is -2.18. The fraction of sp³-hybridized carbons (Fsp3) is 0.333. The van der Waals surface area contributed by atoms with Gasteiger partial charge in [-0.25, -0.2) is 0 Å². The molecule has 0 radical (unpaired) electrons. The van der Waals surface area contributed by atoms with E-state index in [0.29, 0.717) is 18.0 Å². The molecular formula is C21H23NO4S. The van der Waals surface area contributed by atoms with Crippen molar-refractivity contribution < 1.29 is 19.1 Å². The molecule has 5 nitrogen and oxygen atoms in total. The lowest BCUT2D eigenvalue weighted by molar-refractivity contribution is -0.119. The van der Waals surface area contributed by atoms with Crippen LogP contribution in [0.4, 0.5) is 0 Å². The van der Waals surface area contributed by atoms with Gasteiger partial charge in [-0.3, -0.25) is 9.59 Å². The minimum Gasteiger partial charge on any atom is -0.493 e. The first-order valence-corrected chi connectivity index (χ1v) is 9.80. The predicted octanol–water partition coefficient (Wildman–Crippen LogP) is 4.00. The van der Waals surface area contributed by atoms with Crippen molar-refractivity contribution in [2.45, 2.75) is 39.8 Å². The molecule has 0 spiro atoms. The minimum atomic E-state index is -0.0900. The number of carbonyl (C=O) groups is 2. The average Bonchev–Trinajstić information content (AvgIpc) is 3.23. The molecule has 1 aliphatic rings. The van der Waals surface area contributed by atoms with Crippen molar-refractivity contribution >= 4 is 29.1 Å². The van der Waals surface area contributed by atoms with E-state index in [1.807, 2.05) is 32.0 Å². The molecule has 142 valence electrons. The third kappa shape index (κ3) is 4.77. The van der Waals surface area contributed by atoms with Gasteiger partial charge in [0, 0.05) is 29.3 Å². The number of carbonyl (C=O) groups excluding carboxylic acids is 2. The van der Waals surface area contributed by atoms with Crippen molar-refractivity contribution in [2.75, 3.05) is 6.61 Å². The highest BCUT2D eigenvalue weighted by Gasteiger charge is 2.21. The number of allylic oxidation sites excluding steroid dienone is 1. The van der Waals surface area contributed by atoms with Crippen LogP contribution < -0.4 is 14.8 Å². The summed E-state index contributed by atoms with van der Waals surface area (Å²) >= 11 is 1.38. The van der Waals surface area contributed by atoms with E-state index in [-0.39, 0.29) is 17.8 Å². The summed E-state index contributed by atoms with van der Waals surface area (Å²) in [5, 5.41) is 2.73. The van der Waals surface area contributed by atoms with Crippen LogP contribution >= 0.6 is 11.3 Å². The maximum Gasteiger partial charge on any atom is 0.217 e. The van der Waals surface area contributed by atoms with E-state index >= 15 is 0 Å². The monoisotopic (exact) mass is 385 g/mol. The molecule has 1 unspecified atom stereocenters. The summed E-state index contributed by atoms with van der Waals surface area (Å²) in [5.74, 6) is 1.45. The lowest BCUT2D eigenvalue weighted by atomic mass is 10.1. The van der Waals surface area contributed by atoms with Gasteiger partial charge in [-0.2, -0.15) is 0 Å². The summed E-state index contributed by atoms with van der Waals surface area (Å²) < 4.78 is 11.6. The molecule has 1 aromatic carbocycles. The quantitative estimate of drug-likeness (QED) is 0.578. The molecule has 0 saturated carbocycles. The number of thiophene rings is 1. The first kappa shape index (κ1) is 19.2. The Balaban J connectivity index is 1.76. The first-order valence-electron chi connectivity index (χ1n) is 8.98. The lowest BCUT2D eigenvalue weighted by Gasteiger charge is -2.09. The molecule has 27 heavy (non-hydrogen) atoms. The zero-order valence-corrected chi connectivity index (χ0v) is 16.5. The molecule has 1 N–H and O–H groups in total. The second-order valence-corrected chi connectivity index (χ2v) is 7.60. The van der Waals surface area contributed by atoms with Crippen LogP contribution in [0.25, 0.3) is 6.08 Å². The third-order valence-corrected chi connectivity index (χ3v) is 5.26. The maximum absolute atomic E-state index is 12.5. The molecule has 0 aliphatic carbocycles. The molecule has 0 fully saturated rings. The Morgan fingerprint density at radius 2 is 2.19 bits per heavy atom. The molecule has 3 rings (SSSR count). The molecule has 0 bridgehead atoms. The summed E-state index contributed by atoms with van der Waals surface area (Å²) in [6.45, 7) is 6.44. The smallest absolute Gasteiger partial charge is 0.217 e. The number of rotatable bonds is 7. The van der Waals surface area contributed by atoms with Crippen molar-refractivity contribution in [1.82, 2.24) is 5.32 Å². The largest absolute Gasteiger partial charge is 0.493 e. The zero-order valence-electron chi connectivity index (χ0n) is 15.7. The van der Waals surface area contributed by atoms with E-state index in [1.54, 1.807) is 18.2 Å². The molecule has 1 amide bonds. The number of fused-ring (bicyclic) bond motifs is 1. The van der Waals surface area contributed by atoms with Gasteiger partial charge in [-0.15, -0.1) is 11.3 Å². The van der Waals surface area contributed by atoms with Crippen LogP contribution in [0.5, 0.6) is 11.5 Å². The van der Waals surface area contributed by atoms with Crippen molar-refractivity contribution in [1.29, 1.82) is 0 Å². The Hall–Kier alpha value is -2.60. The van der Waals surface area contributed by atoms with Gasteiger partial charge in [0.25, 0.3) is 0 Å². The van der Waals surface area contributed by atoms with Gasteiger partial charge in [0.15, 0.2) is 5.78 Å². The molecule has 2 heterocycles. The van der Waals surface area contributed by atoms with Crippen LogP contribution in [-0.2, 0) is 17.8 Å². The van der Waals surface area contributed by atoms with E-state index in [9.17, 15) is 9.59 Å². The third-order valence-electron chi connectivity index (χ3n) is 4.16. The van der Waals surface area contributed by atoms with E-state index in [1.165, 1.54) is 18.3 Å². The second-order valence-electron chi connectivity index (χ2n) is 6.44. The van der Waals surface area contributed by atoms with Crippen molar-refractivity contribution in [3.8, 4) is 11.5 Å². The number of hydrogen-bond donors (Lipinski definition) is 1. The molecule has 6 heteroatoms. The van der Waals surface area contributed by atoms with Gasteiger partial charge in [0.05, 0.1) is 18.0 Å². The van der Waals surface area contributed by atoms with Crippen LogP contribution in [0.2, 0.25) is 0 Å². The molecule has 1 aliphatic heterocycles. The van der Waals surface area contributed by atoms with E-state index < -0.39 is 0 Å². The Kier molecular flexibility index (Phi) is 5.96. The number of ketones is 1. The van der Waals surface area contributed by atoms with Crippen molar-refractivity contribution in [3.05, 3.63) is 51.2 Å². The molecule has 2 aromatic rings. The van der Waals surface area contributed by atoms with Crippen LogP contribution in [-0.4, -0.2) is 24.4 Å². The molecule has 0 saturated heterocycles. The number of ether oxygens (including phenoxy) is 2. The maximum atomic E-state index is 12.5. The highest BCUT2D eigenvalue weighted by molar-refractivity contribution is 7.14. The highest BCUT2D eigenvalue weighted by atomic mass is 32.1. The predicted molar refractivity (Wildman–Crippen MR) is 107 cm³/mol. The summed E-state index contributed by atoms with van der Waals surface area (Å²) in [6.07, 6.45) is 4.34. The summed E-state index contributed by atoms with van der Waals surface area (Å²) in [6, 6.07) is 7.58. The molecule has 1 aromatic heterocycles. The summed E-state index contributed by atoms with van der Waals surface area (Å²) in [5.41, 5.74) is 1.96. The fourth-order valence-electron chi connectivity index (χ4n) is 2.93. The van der Waals surface area contributed by atoms with Crippen LogP contribution in [0.3, 0.4) is 0 Å². The Morgan fingerprint density at radius 3 is 2.93 bits per heavy atom. The fourth-order valence-corrected chi connectivity index (χ4v) is 3.80. The van der Waals surface area contributed by atoms with Gasteiger partial charge in [-0.05, 0) is 50.3 Å². The van der Waals surface area contributed by atoms with Gasteiger partial charge < -0.3 is 14.8 Å². The summed E-state index contributed by atoms with van der Waals surface area (Å²) in [7, 11) is 0. The Morgan fingerprint density at radius 1 is 1.37 bits per heavy atom. The Labute approximate surface area is 163 Å². The average molecular weight is 385 g/mol. The van der Waals surface area contributed by atoms with Crippen LogP contribution in [0, 0.1) is 0 Å². The summed E-state index contributed by atoms with van der Waals surface area (Å²) in [4.78, 5) is 25.1.